The third kappa shape index (κ3) is 2.29. The van der Waals surface area contributed by atoms with Gasteiger partial charge in [-0.3, -0.25) is 0 Å². The molecule has 2 nitrogen and oxygen atoms in total. The van der Waals surface area contributed by atoms with Crippen LogP contribution in [0, 0.1) is 11.3 Å². The first kappa shape index (κ1) is 10.4. The van der Waals surface area contributed by atoms with Gasteiger partial charge in [-0.1, -0.05) is 32.1 Å². The van der Waals surface area contributed by atoms with Crippen molar-refractivity contribution >= 4 is 0 Å². The topological polar surface area (TPSA) is 29.5 Å². The molecule has 1 unspecified atom stereocenters. The monoisotopic (exact) mass is 198 g/mol. The molecule has 82 valence electrons. The molecule has 1 saturated heterocycles. The molecule has 0 aromatic carbocycles. The summed E-state index contributed by atoms with van der Waals surface area (Å²) in [6.45, 7) is 1.97. The van der Waals surface area contributed by atoms with Gasteiger partial charge in [-0.05, 0) is 18.8 Å². The van der Waals surface area contributed by atoms with Gasteiger partial charge in [0.05, 0.1) is 13.2 Å². The van der Waals surface area contributed by atoms with Crippen molar-refractivity contribution in [2.45, 2.75) is 44.9 Å². The highest BCUT2D eigenvalue weighted by molar-refractivity contribution is 4.85. The molecule has 0 spiro atoms. The maximum atomic E-state index is 9.47. The fraction of sp³-hybridized carbons (Fsp3) is 1.00. The third-order valence-corrected chi connectivity index (χ3v) is 3.97. The van der Waals surface area contributed by atoms with Crippen LogP contribution in [0.5, 0.6) is 0 Å². The highest BCUT2D eigenvalue weighted by Crippen LogP contribution is 2.39. The lowest BCUT2D eigenvalue weighted by Gasteiger charge is -2.31. The van der Waals surface area contributed by atoms with Crippen LogP contribution in [0.15, 0.2) is 0 Å². The van der Waals surface area contributed by atoms with Crippen LogP contribution < -0.4 is 0 Å². The van der Waals surface area contributed by atoms with Crippen molar-refractivity contribution in [2.24, 2.45) is 11.3 Å². The van der Waals surface area contributed by atoms with Gasteiger partial charge in [-0.15, -0.1) is 0 Å². The summed E-state index contributed by atoms with van der Waals surface area (Å²) >= 11 is 0. The molecule has 0 aromatic heterocycles. The van der Waals surface area contributed by atoms with E-state index in [9.17, 15) is 5.11 Å². The van der Waals surface area contributed by atoms with Gasteiger partial charge in [-0.2, -0.15) is 0 Å². The molecule has 1 atom stereocenters. The first-order valence-electron chi connectivity index (χ1n) is 6.03. The molecular weight excluding hydrogens is 176 g/mol. The minimum Gasteiger partial charge on any atom is -0.396 e. The zero-order valence-corrected chi connectivity index (χ0v) is 9.00. The summed E-state index contributed by atoms with van der Waals surface area (Å²) in [4.78, 5) is 0. The van der Waals surface area contributed by atoms with E-state index in [0.29, 0.717) is 6.61 Å². The van der Waals surface area contributed by atoms with Crippen molar-refractivity contribution in [2.75, 3.05) is 19.8 Å². The Kier molecular flexibility index (Phi) is 3.45. The largest absolute Gasteiger partial charge is 0.396 e. The highest BCUT2D eigenvalue weighted by atomic mass is 16.5. The highest BCUT2D eigenvalue weighted by Gasteiger charge is 2.36. The van der Waals surface area contributed by atoms with E-state index in [1.165, 1.54) is 38.5 Å². The Hall–Kier alpha value is -0.0800. The van der Waals surface area contributed by atoms with Crippen molar-refractivity contribution in [3.8, 4) is 0 Å². The van der Waals surface area contributed by atoms with E-state index in [4.69, 9.17) is 4.74 Å². The molecule has 0 bridgehead atoms. The lowest BCUT2D eigenvalue weighted by atomic mass is 9.74. The van der Waals surface area contributed by atoms with Crippen molar-refractivity contribution in [1.82, 2.24) is 0 Å². The smallest absolute Gasteiger partial charge is 0.0545 e. The van der Waals surface area contributed by atoms with Gasteiger partial charge < -0.3 is 9.84 Å². The second-order valence-corrected chi connectivity index (χ2v) is 5.17. The molecule has 2 rings (SSSR count). The normalized spacial score (nSPS) is 34.9. The molecule has 2 aliphatic rings. The zero-order valence-electron chi connectivity index (χ0n) is 9.00. The average molecular weight is 198 g/mol. The molecular formula is C12H22O2. The Morgan fingerprint density at radius 1 is 1.21 bits per heavy atom. The minimum absolute atomic E-state index is 0.127. The van der Waals surface area contributed by atoms with E-state index < -0.39 is 0 Å². The predicted octanol–water partition coefficient (Wildman–Crippen LogP) is 2.36. The minimum atomic E-state index is 0.127. The maximum Gasteiger partial charge on any atom is 0.0545 e. The van der Waals surface area contributed by atoms with Gasteiger partial charge in [0.25, 0.3) is 0 Å². The summed E-state index contributed by atoms with van der Waals surface area (Å²) in [6.07, 6.45) is 9.23. The lowest BCUT2D eigenvalue weighted by Crippen LogP contribution is -2.29. The molecule has 1 saturated carbocycles. The Labute approximate surface area is 86.6 Å². The molecule has 2 fully saturated rings. The summed E-state index contributed by atoms with van der Waals surface area (Å²) in [5, 5.41) is 9.47. The molecule has 1 aliphatic carbocycles. The molecule has 2 heteroatoms. The molecule has 14 heavy (non-hydrogen) atoms. The number of aliphatic hydroxyl groups is 1. The summed E-state index contributed by atoms with van der Waals surface area (Å²) < 4.78 is 5.43. The lowest BCUT2D eigenvalue weighted by molar-refractivity contribution is 0.0659. The van der Waals surface area contributed by atoms with Gasteiger partial charge in [0, 0.05) is 12.0 Å². The average Bonchev–Trinajstić information content (AvgIpc) is 2.69. The Morgan fingerprint density at radius 2 is 2.00 bits per heavy atom. The van der Waals surface area contributed by atoms with E-state index >= 15 is 0 Å². The standard InChI is InChI=1S/C12H22O2/c13-9-12(6-7-14-10-12)8-11-4-2-1-3-5-11/h11,13H,1-10H2. The van der Waals surface area contributed by atoms with Gasteiger partial charge >= 0.3 is 0 Å². The molecule has 1 heterocycles. The first-order chi connectivity index (χ1) is 6.85. The molecule has 0 aromatic rings. The summed E-state index contributed by atoms with van der Waals surface area (Å²) in [5.41, 5.74) is 0.127. The van der Waals surface area contributed by atoms with E-state index in [-0.39, 0.29) is 5.41 Å². The second-order valence-electron chi connectivity index (χ2n) is 5.17. The van der Waals surface area contributed by atoms with Crippen molar-refractivity contribution < 1.29 is 9.84 Å². The van der Waals surface area contributed by atoms with Crippen LogP contribution in [-0.2, 0) is 4.74 Å². The quantitative estimate of drug-likeness (QED) is 0.754. The van der Waals surface area contributed by atoms with Crippen LogP contribution in [0.25, 0.3) is 0 Å². The van der Waals surface area contributed by atoms with Crippen molar-refractivity contribution in [1.29, 1.82) is 0 Å². The number of rotatable bonds is 3. The second kappa shape index (κ2) is 4.63. The Balaban J connectivity index is 1.86. The fourth-order valence-electron chi connectivity index (χ4n) is 3.00. The molecule has 0 radical (unpaired) electrons. The van der Waals surface area contributed by atoms with Crippen molar-refractivity contribution in [3.63, 3.8) is 0 Å². The molecule has 0 amide bonds. The van der Waals surface area contributed by atoms with Gasteiger partial charge in [0.2, 0.25) is 0 Å². The van der Waals surface area contributed by atoms with Gasteiger partial charge in [0.1, 0.15) is 0 Å². The van der Waals surface area contributed by atoms with Crippen molar-refractivity contribution in [3.05, 3.63) is 0 Å². The summed E-state index contributed by atoms with van der Waals surface area (Å²) in [6, 6.07) is 0. The Morgan fingerprint density at radius 3 is 2.57 bits per heavy atom. The first-order valence-corrected chi connectivity index (χ1v) is 6.03. The maximum absolute atomic E-state index is 9.47. The summed E-state index contributed by atoms with van der Waals surface area (Å²) in [7, 11) is 0. The van der Waals surface area contributed by atoms with E-state index in [0.717, 1.165) is 25.6 Å². The SMILES string of the molecule is OCC1(CC2CCCCC2)CCOC1. The van der Waals surface area contributed by atoms with Crippen LogP contribution in [0.1, 0.15) is 44.9 Å². The summed E-state index contributed by atoms with van der Waals surface area (Å²) in [5.74, 6) is 0.859. The van der Waals surface area contributed by atoms with Crippen LogP contribution in [-0.4, -0.2) is 24.9 Å². The third-order valence-electron chi connectivity index (χ3n) is 3.97. The van der Waals surface area contributed by atoms with Gasteiger partial charge in [0.15, 0.2) is 0 Å². The van der Waals surface area contributed by atoms with E-state index in [2.05, 4.69) is 0 Å². The van der Waals surface area contributed by atoms with Crippen LogP contribution >= 0.6 is 0 Å². The number of hydrogen-bond acceptors (Lipinski definition) is 2. The van der Waals surface area contributed by atoms with E-state index in [1.54, 1.807) is 0 Å². The van der Waals surface area contributed by atoms with Gasteiger partial charge in [-0.25, -0.2) is 0 Å². The number of ether oxygens (including phenoxy) is 1. The zero-order chi connectivity index (χ0) is 9.86. The Bertz CT molecular complexity index is 167. The number of hydrogen-bond donors (Lipinski definition) is 1. The number of aliphatic hydroxyl groups excluding tert-OH is 1. The van der Waals surface area contributed by atoms with E-state index in [1.807, 2.05) is 0 Å². The van der Waals surface area contributed by atoms with Crippen LogP contribution in [0.4, 0.5) is 0 Å². The fourth-order valence-corrected chi connectivity index (χ4v) is 3.00. The predicted molar refractivity (Wildman–Crippen MR) is 56.1 cm³/mol. The molecule has 1 aliphatic heterocycles. The molecule has 1 N–H and O–H groups in total. The van der Waals surface area contributed by atoms with Crippen LogP contribution in [0.2, 0.25) is 0 Å². The van der Waals surface area contributed by atoms with Crippen LogP contribution in [0.3, 0.4) is 0 Å².